The molecule has 0 bridgehead atoms. The van der Waals surface area contributed by atoms with Gasteiger partial charge in [-0.2, -0.15) is 0 Å². The molecule has 1 aromatic carbocycles. The number of nitrogens with zero attached hydrogens (tertiary/aromatic N) is 1. The molecule has 1 aromatic heterocycles. The van der Waals surface area contributed by atoms with E-state index < -0.39 is 0 Å². The molecule has 2 aromatic rings. The molecule has 104 valence electrons. The second kappa shape index (κ2) is 4.71. The fourth-order valence-electron chi connectivity index (χ4n) is 2.58. The Hall–Kier alpha value is -2.23. The van der Waals surface area contributed by atoms with Crippen LogP contribution in [-0.2, 0) is 0 Å². The summed E-state index contributed by atoms with van der Waals surface area (Å²) in [5.74, 6) is -0.0985. The number of benzene rings is 1. The molecule has 1 aliphatic carbocycles. The summed E-state index contributed by atoms with van der Waals surface area (Å²) in [6, 6.07) is 8.21. The average molecular weight is 269 g/mol. The third-order valence-corrected chi connectivity index (χ3v) is 3.52. The third-order valence-electron chi connectivity index (χ3n) is 3.52. The van der Waals surface area contributed by atoms with Crippen LogP contribution in [0.15, 0.2) is 30.5 Å². The monoisotopic (exact) mass is 269 g/mol. The van der Waals surface area contributed by atoms with Crippen molar-refractivity contribution in [3.63, 3.8) is 0 Å². The molecule has 0 unspecified atom stereocenters. The normalized spacial score (nSPS) is 14.3. The van der Waals surface area contributed by atoms with E-state index in [1.807, 2.05) is 36.7 Å². The van der Waals surface area contributed by atoms with E-state index in [0.717, 1.165) is 29.7 Å². The first-order chi connectivity index (χ1) is 9.52. The Bertz CT molecular complexity index is 648. The van der Waals surface area contributed by atoms with Crippen LogP contribution in [-0.4, -0.2) is 10.5 Å². The van der Waals surface area contributed by atoms with Crippen LogP contribution < -0.4 is 11.1 Å². The van der Waals surface area contributed by atoms with E-state index in [0.29, 0.717) is 17.4 Å². The van der Waals surface area contributed by atoms with Crippen molar-refractivity contribution in [1.82, 2.24) is 4.57 Å². The van der Waals surface area contributed by atoms with Crippen molar-refractivity contribution in [3.05, 3.63) is 47.3 Å². The van der Waals surface area contributed by atoms with E-state index in [9.17, 15) is 4.79 Å². The minimum absolute atomic E-state index is 0.0985. The van der Waals surface area contributed by atoms with E-state index in [4.69, 9.17) is 5.73 Å². The Kier molecular flexibility index (Phi) is 3.01. The number of rotatable bonds is 3. The van der Waals surface area contributed by atoms with Crippen molar-refractivity contribution in [2.45, 2.75) is 32.7 Å². The van der Waals surface area contributed by atoms with Crippen LogP contribution in [0, 0.1) is 13.8 Å². The van der Waals surface area contributed by atoms with Crippen LogP contribution in [0.5, 0.6) is 0 Å². The second-order valence-corrected chi connectivity index (χ2v) is 5.63. The van der Waals surface area contributed by atoms with E-state index in [-0.39, 0.29) is 5.91 Å². The van der Waals surface area contributed by atoms with Crippen molar-refractivity contribution < 1.29 is 4.79 Å². The van der Waals surface area contributed by atoms with Crippen LogP contribution in [0.1, 0.15) is 40.5 Å². The van der Waals surface area contributed by atoms with E-state index in [1.54, 1.807) is 6.07 Å². The van der Waals surface area contributed by atoms with Crippen molar-refractivity contribution in [2.24, 2.45) is 0 Å². The molecule has 20 heavy (non-hydrogen) atoms. The number of aromatic nitrogens is 1. The van der Waals surface area contributed by atoms with Crippen LogP contribution in [0.3, 0.4) is 0 Å². The molecule has 0 aliphatic heterocycles. The molecule has 1 aliphatic rings. The lowest BCUT2D eigenvalue weighted by Gasteiger charge is -2.10. The zero-order valence-corrected chi connectivity index (χ0v) is 11.8. The summed E-state index contributed by atoms with van der Waals surface area (Å²) in [6.45, 7) is 4.04. The summed E-state index contributed by atoms with van der Waals surface area (Å²) in [4.78, 5) is 12.4. The molecule has 0 saturated heterocycles. The number of amides is 1. The molecule has 3 rings (SSSR count). The van der Waals surface area contributed by atoms with Crippen molar-refractivity contribution >= 4 is 17.3 Å². The number of hydrogen-bond acceptors (Lipinski definition) is 2. The van der Waals surface area contributed by atoms with Gasteiger partial charge in [0.15, 0.2) is 0 Å². The summed E-state index contributed by atoms with van der Waals surface area (Å²) in [6.07, 6.45) is 4.10. The first-order valence-corrected chi connectivity index (χ1v) is 6.90. The predicted octanol–water partition coefficient (Wildman–Crippen LogP) is 3.27. The lowest BCUT2D eigenvalue weighted by atomic mass is 10.1. The third kappa shape index (κ3) is 2.54. The van der Waals surface area contributed by atoms with Crippen LogP contribution >= 0.6 is 0 Å². The van der Waals surface area contributed by atoms with Gasteiger partial charge in [-0.25, -0.2) is 0 Å². The standard InChI is InChI=1S/C16H19N3O/c1-10-5-11(2)7-13(6-10)18-16(20)15-8-12(17)9-19(15)14-3-4-14/h5-9,14H,3-4,17H2,1-2H3,(H,18,20). The van der Waals surface area contributed by atoms with Crippen molar-refractivity contribution in [3.8, 4) is 0 Å². The van der Waals surface area contributed by atoms with E-state index in [2.05, 4.69) is 11.4 Å². The van der Waals surface area contributed by atoms with Crippen LogP contribution in [0.25, 0.3) is 0 Å². The van der Waals surface area contributed by atoms with Gasteiger partial charge in [0.25, 0.3) is 5.91 Å². The van der Waals surface area contributed by atoms with E-state index >= 15 is 0 Å². The Labute approximate surface area is 118 Å². The number of hydrogen-bond donors (Lipinski definition) is 2. The van der Waals surface area contributed by atoms with Gasteiger partial charge in [0, 0.05) is 17.9 Å². The Morgan fingerprint density at radius 3 is 2.45 bits per heavy atom. The molecule has 4 nitrogen and oxygen atoms in total. The van der Waals surface area contributed by atoms with Gasteiger partial charge in [-0.3, -0.25) is 4.79 Å². The topological polar surface area (TPSA) is 60.1 Å². The number of nitrogens with two attached hydrogens (primary N) is 1. The maximum absolute atomic E-state index is 12.4. The highest BCUT2D eigenvalue weighted by atomic mass is 16.1. The zero-order valence-electron chi connectivity index (χ0n) is 11.8. The van der Waals surface area contributed by atoms with Crippen LogP contribution in [0.2, 0.25) is 0 Å². The quantitative estimate of drug-likeness (QED) is 0.898. The lowest BCUT2D eigenvalue weighted by Crippen LogP contribution is -2.16. The molecule has 3 N–H and O–H groups in total. The zero-order chi connectivity index (χ0) is 14.3. The molecule has 0 spiro atoms. The van der Waals surface area contributed by atoms with Gasteiger partial charge in [0.2, 0.25) is 0 Å². The predicted molar refractivity (Wildman–Crippen MR) is 81.0 cm³/mol. The average Bonchev–Trinajstić information content (AvgIpc) is 3.11. The number of anilines is 2. The highest BCUT2D eigenvalue weighted by Gasteiger charge is 2.27. The summed E-state index contributed by atoms with van der Waals surface area (Å²) in [5.41, 5.74) is 10.2. The van der Waals surface area contributed by atoms with Gasteiger partial charge in [-0.05, 0) is 56.0 Å². The maximum Gasteiger partial charge on any atom is 0.272 e. The molecule has 0 atom stereocenters. The van der Waals surface area contributed by atoms with Gasteiger partial charge >= 0.3 is 0 Å². The highest BCUT2D eigenvalue weighted by molar-refractivity contribution is 6.04. The first-order valence-electron chi connectivity index (χ1n) is 6.90. The molecule has 0 radical (unpaired) electrons. The summed E-state index contributed by atoms with van der Waals surface area (Å²) in [5, 5.41) is 2.96. The molecule has 1 heterocycles. The Morgan fingerprint density at radius 2 is 1.85 bits per heavy atom. The minimum atomic E-state index is -0.0985. The van der Waals surface area contributed by atoms with Gasteiger partial charge < -0.3 is 15.6 Å². The highest BCUT2D eigenvalue weighted by Crippen LogP contribution is 2.37. The SMILES string of the molecule is Cc1cc(C)cc(NC(=O)c2cc(N)cn2C2CC2)c1. The first kappa shape index (κ1) is 12.8. The summed E-state index contributed by atoms with van der Waals surface area (Å²) >= 11 is 0. The molecule has 1 fully saturated rings. The fourth-order valence-corrected chi connectivity index (χ4v) is 2.58. The molecular formula is C16H19N3O. The lowest BCUT2D eigenvalue weighted by molar-refractivity contribution is 0.101. The second-order valence-electron chi connectivity index (χ2n) is 5.63. The molecular weight excluding hydrogens is 250 g/mol. The molecule has 1 saturated carbocycles. The molecule has 4 heteroatoms. The van der Waals surface area contributed by atoms with Gasteiger partial charge in [0.1, 0.15) is 5.69 Å². The Morgan fingerprint density at radius 1 is 1.20 bits per heavy atom. The van der Waals surface area contributed by atoms with Crippen molar-refractivity contribution in [1.29, 1.82) is 0 Å². The summed E-state index contributed by atoms with van der Waals surface area (Å²) < 4.78 is 1.99. The van der Waals surface area contributed by atoms with Gasteiger partial charge in [-0.15, -0.1) is 0 Å². The maximum atomic E-state index is 12.4. The number of aryl methyl sites for hydroxylation is 2. The van der Waals surface area contributed by atoms with Gasteiger partial charge in [-0.1, -0.05) is 6.07 Å². The fraction of sp³-hybridized carbons (Fsp3) is 0.312. The number of nitrogens with one attached hydrogen (secondary N) is 1. The number of carbonyl (C=O) groups excluding carboxylic acids is 1. The van der Waals surface area contributed by atoms with Crippen LogP contribution in [0.4, 0.5) is 11.4 Å². The van der Waals surface area contributed by atoms with E-state index in [1.165, 1.54) is 0 Å². The largest absolute Gasteiger partial charge is 0.397 e. The smallest absolute Gasteiger partial charge is 0.272 e. The van der Waals surface area contributed by atoms with Crippen molar-refractivity contribution in [2.75, 3.05) is 11.1 Å². The number of carbonyl (C=O) groups is 1. The minimum Gasteiger partial charge on any atom is -0.397 e. The van der Waals surface area contributed by atoms with Gasteiger partial charge in [0.05, 0.1) is 5.69 Å². The summed E-state index contributed by atoms with van der Waals surface area (Å²) in [7, 11) is 0. The molecule has 1 amide bonds. The Balaban J connectivity index is 1.85. The number of nitrogen functional groups attached to an aromatic ring is 1.